The van der Waals surface area contributed by atoms with Gasteiger partial charge in [-0.05, 0) is 49.1 Å². The van der Waals surface area contributed by atoms with E-state index in [1.807, 2.05) is 63.2 Å². The van der Waals surface area contributed by atoms with E-state index in [0.29, 0.717) is 12.2 Å². The molecule has 162 valence electrons. The molecule has 0 spiro atoms. The van der Waals surface area contributed by atoms with E-state index in [-0.39, 0.29) is 23.3 Å². The Bertz CT molecular complexity index is 1130. The van der Waals surface area contributed by atoms with Crippen LogP contribution in [0.25, 0.3) is 0 Å². The van der Waals surface area contributed by atoms with E-state index in [1.165, 1.54) is 4.31 Å². The Morgan fingerprint density at radius 2 is 1.52 bits per heavy atom. The molecule has 6 heteroatoms. The SMILES string of the molecule is Cc1ccc(S(=O)(=O)N(CC(=O)NCC(C)c2ccccc2)c2ccccc2C)cc1. The van der Waals surface area contributed by atoms with Crippen molar-refractivity contribution in [2.75, 3.05) is 17.4 Å². The number of carbonyl (C=O) groups excluding carboxylic acids is 1. The summed E-state index contributed by atoms with van der Waals surface area (Å²) >= 11 is 0. The first-order valence-electron chi connectivity index (χ1n) is 10.3. The van der Waals surface area contributed by atoms with Crippen LogP contribution in [-0.4, -0.2) is 27.4 Å². The van der Waals surface area contributed by atoms with E-state index in [2.05, 4.69) is 5.32 Å². The molecule has 0 aliphatic carbocycles. The molecule has 3 aromatic carbocycles. The fourth-order valence-electron chi connectivity index (χ4n) is 3.33. The molecule has 1 unspecified atom stereocenters. The Kier molecular flexibility index (Phi) is 7.13. The second kappa shape index (κ2) is 9.79. The fraction of sp³-hybridized carbons (Fsp3) is 0.240. The number of para-hydroxylation sites is 1. The highest BCUT2D eigenvalue weighted by atomic mass is 32.2. The van der Waals surface area contributed by atoms with Crippen LogP contribution in [0.2, 0.25) is 0 Å². The van der Waals surface area contributed by atoms with Gasteiger partial charge in [0.2, 0.25) is 5.91 Å². The molecule has 0 bridgehead atoms. The average molecular weight is 437 g/mol. The fourth-order valence-corrected chi connectivity index (χ4v) is 4.82. The summed E-state index contributed by atoms with van der Waals surface area (Å²) in [6.45, 7) is 5.90. The van der Waals surface area contributed by atoms with Crippen molar-refractivity contribution in [3.05, 3.63) is 95.6 Å². The Hall–Kier alpha value is -3.12. The van der Waals surface area contributed by atoms with E-state index < -0.39 is 10.0 Å². The van der Waals surface area contributed by atoms with Gasteiger partial charge in [0.05, 0.1) is 10.6 Å². The molecular formula is C25H28N2O3S. The van der Waals surface area contributed by atoms with Crippen LogP contribution in [0.5, 0.6) is 0 Å². The topological polar surface area (TPSA) is 66.5 Å². The summed E-state index contributed by atoms with van der Waals surface area (Å²) in [5.41, 5.74) is 3.36. The number of benzene rings is 3. The van der Waals surface area contributed by atoms with Crippen molar-refractivity contribution < 1.29 is 13.2 Å². The van der Waals surface area contributed by atoms with Crippen LogP contribution in [0.3, 0.4) is 0 Å². The molecule has 1 amide bonds. The molecule has 0 aliphatic rings. The number of nitrogens with one attached hydrogen (secondary N) is 1. The number of amides is 1. The van der Waals surface area contributed by atoms with Gasteiger partial charge in [-0.1, -0.05) is 73.2 Å². The van der Waals surface area contributed by atoms with Gasteiger partial charge in [-0.15, -0.1) is 0 Å². The molecule has 0 saturated carbocycles. The van der Waals surface area contributed by atoms with Gasteiger partial charge in [-0.25, -0.2) is 8.42 Å². The van der Waals surface area contributed by atoms with Crippen molar-refractivity contribution >= 4 is 21.6 Å². The summed E-state index contributed by atoms with van der Waals surface area (Å²) in [4.78, 5) is 12.9. The van der Waals surface area contributed by atoms with Gasteiger partial charge in [0.1, 0.15) is 6.54 Å². The van der Waals surface area contributed by atoms with Crippen LogP contribution in [0.4, 0.5) is 5.69 Å². The average Bonchev–Trinajstić information content (AvgIpc) is 2.77. The lowest BCUT2D eigenvalue weighted by Gasteiger charge is -2.26. The van der Waals surface area contributed by atoms with E-state index in [4.69, 9.17) is 0 Å². The van der Waals surface area contributed by atoms with Crippen molar-refractivity contribution in [1.82, 2.24) is 5.32 Å². The van der Waals surface area contributed by atoms with Gasteiger partial charge in [0.25, 0.3) is 10.0 Å². The van der Waals surface area contributed by atoms with Gasteiger partial charge in [0, 0.05) is 6.54 Å². The number of anilines is 1. The Balaban J connectivity index is 1.83. The van der Waals surface area contributed by atoms with Gasteiger partial charge >= 0.3 is 0 Å². The molecule has 0 fully saturated rings. The summed E-state index contributed by atoms with van der Waals surface area (Å²) in [5, 5.41) is 2.89. The smallest absolute Gasteiger partial charge is 0.264 e. The predicted molar refractivity (Wildman–Crippen MR) is 125 cm³/mol. The minimum absolute atomic E-state index is 0.116. The third-order valence-electron chi connectivity index (χ3n) is 5.25. The Labute approximate surface area is 184 Å². The summed E-state index contributed by atoms with van der Waals surface area (Å²) < 4.78 is 28.1. The number of hydrogen-bond donors (Lipinski definition) is 1. The number of carbonyl (C=O) groups is 1. The Morgan fingerprint density at radius 3 is 2.16 bits per heavy atom. The van der Waals surface area contributed by atoms with Crippen LogP contribution in [0.1, 0.15) is 29.5 Å². The van der Waals surface area contributed by atoms with Crippen LogP contribution >= 0.6 is 0 Å². The van der Waals surface area contributed by atoms with E-state index in [9.17, 15) is 13.2 Å². The summed E-state index contributed by atoms with van der Waals surface area (Å²) in [5.74, 6) is -0.229. The van der Waals surface area contributed by atoms with Gasteiger partial charge in [0.15, 0.2) is 0 Å². The molecule has 1 N–H and O–H groups in total. The minimum Gasteiger partial charge on any atom is -0.354 e. The maximum absolute atomic E-state index is 13.4. The second-order valence-corrected chi connectivity index (χ2v) is 9.59. The van der Waals surface area contributed by atoms with Gasteiger partial charge < -0.3 is 5.32 Å². The van der Waals surface area contributed by atoms with Crippen LogP contribution in [-0.2, 0) is 14.8 Å². The summed E-state index contributed by atoms with van der Waals surface area (Å²) in [6, 6.07) is 23.7. The van der Waals surface area contributed by atoms with E-state index in [0.717, 1.165) is 16.7 Å². The van der Waals surface area contributed by atoms with E-state index >= 15 is 0 Å². The molecular weight excluding hydrogens is 408 g/mol. The number of sulfonamides is 1. The molecule has 0 aliphatic heterocycles. The lowest BCUT2D eigenvalue weighted by molar-refractivity contribution is -0.119. The molecule has 0 aromatic heterocycles. The quantitative estimate of drug-likeness (QED) is 0.568. The standard InChI is InChI=1S/C25H28N2O3S/c1-19-13-15-23(16-14-19)31(29,30)27(24-12-8-7-9-20(24)2)18-25(28)26-17-21(3)22-10-5-4-6-11-22/h4-16,21H,17-18H2,1-3H3,(H,26,28). The maximum atomic E-state index is 13.4. The Morgan fingerprint density at radius 1 is 0.903 bits per heavy atom. The van der Waals surface area contributed by atoms with Gasteiger partial charge in [-0.3, -0.25) is 9.10 Å². The molecule has 3 rings (SSSR count). The monoisotopic (exact) mass is 436 g/mol. The molecule has 0 saturated heterocycles. The van der Waals surface area contributed by atoms with Crippen molar-refractivity contribution in [2.24, 2.45) is 0 Å². The zero-order chi connectivity index (χ0) is 22.4. The largest absolute Gasteiger partial charge is 0.354 e. The molecule has 0 radical (unpaired) electrons. The highest BCUT2D eigenvalue weighted by molar-refractivity contribution is 7.92. The van der Waals surface area contributed by atoms with Gasteiger partial charge in [-0.2, -0.15) is 0 Å². The van der Waals surface area contributed by atoms with Crippen LogP contribution in [0.15, 0.2) is 83.8 Å². The van der Waals surface area contributed by atoms with Crippen molar-refractivity contribution in [1.29, 1.82) is 0 Å². The first-order chi connectivity index (χ1) is 14.8. The predicted octanol–water partition coefficient (Wildman–Crippen LogP) is 4.42. The first-order valence-corrected chi connectivity index (χ1v) is 11.7. The zero-order valence-electron chi connectivity index (χ0n) is 18.1. The van der Waals surface area contributed by atoms with Crippen LogP contribution in [0, 0.1) is 13.8 Å². The van der Waals surface area contributed by atoms with Crippen LogP contribution < -0.4 is 9.62 Å². The maximum Gasteiger partial charge on any atom is 0.264 e. The molecule has 1 atom stereocenters. The normalized spacial score (nSPS) is 12.2. The third-order valence-corrected chi connectivity index (χ3v) is 7.03. The first kappa shape index (κ1) is 22.6. The number of aryl methyl sites for hydroxylation is 2. The number of hydrogen-bond acceptors (Lipinski definition) is 3. The minimum atomic E-state index is -3.91. The lowest BCUT2D eigenvalue weighted by atomic mass is 10.0. The summed E-state index contributed by atoms with van der Waals surface area (Å²) in [7, 11) is -3.91. The highest BCUT2D eigenvalue weighted by Crippen LogP contribution is 2.26. The van der Waals surface area contributed by atoms with Crippen molar-refractivity contribution in [2.45, 2.75) is 31.6 Å². The molecule has 3 aromatic rings. The van der Waals surface area contributed by atoms with E-state index in [1.54, 1.807) is 36.4 Å². The molecule has 0 heterocycles. The third kappa shape index (κ3) is 5.52. The molecule has 31 heavy (non-hydrogen) atoms. The molecule has 5 nitrogen and oxygen atoms in total. The number of nitrogens with zero attached hydrogens (tertiary/aromatic N) is 1. The second-order valence-electron chi connectivity index (χ2n) is 7.73. The lowest BCUT2D eigenvalue weighted by Crippen LogP contribution is -2.42. The summed E-state index contributed by atoms with van der Waals surface area (Å²) in [6.07, 6.45) is 0. The van der Waals surface area contributed by atoms with Crippen molar-refractivity contribution in [3.8, 4) is 0 Å². The number of rotatable bonds is 8. The van der Waals surface area contributed by atoms with Crippen molar-refractivity contribution in [3.63, 3.8) is 0 Å². The zero-order valence-corrected chi connectivity index (χ0v) is 18.9. The highest BCUT2D eigenvalue weighted by Gasteiger charge is 2.28.